The highest BCUT2D eigenvalue weighted by molar-refractivity contribution is 6.12. The zero-order chi connectivity index (χ0) is 23.9. The van der Waals surface area contributed by atoms with E-state index >= 15 is 0 Å². The molecule has 0 aliphatic heterocycles. The van der Waals surface area contributed by atoms with E-state index in [0.29, 0.717) is 0 Å². The van der Waals surface area contributed by atoms with E-state index in [-0.39, 0.29) is 0 Å². The Kier molecular flexibility index (Phi) is 4.82. The third kappa shape index (κ3) is 3.35. The maximum atomic E-state index is 6.48. The molecule has 0 saturated heterocycles. The molecule has 0 aliphatic carbocycles. The highest BCUT2D eigenvalue weighted by Gasteiger charge is 2.21. The van der Waals surface area contributed by atoms with Crippen LogP contribution in [0.25, 0.3) is 43.8 Å². The largest absolute Gasteiger partial charge is 0.455 e. The minimum Gasteiger partial charge on any atom is -0.455 e. The van der Waals surface area contributed by atoms with Crippen LogP contribution in [0.3, 0.4) is 0 Å². The van der Waals surface area contributed by atoms with Gasteiger partial charge in [0, 0.05) is 33.3 Å². The first-order chi connectivity index (χ1) is 17.9. The van der Waals surface area contributed by atoms with E-state index < -0.39 is 0 Å². The first-order valence-electron chi connectivity index (χ1n) is 12.2. The molecule has 2 nitrogen and oxygen atoms in total. The smallest absolute Gasteiger partial charge is 0.143 e. The van der Waals surface area contributed by atoms with Gasteiger partial charge in [0.25, 0.3) is 0 Å². The van der Waals surface area contributed by atoms with Gasteiger partial charge in [-0.3, -0.25) is 0 Å². The molecule has 0 N–H and O–H groups in total. The molecule has 0 unspecified atom stereocenters. The predicted octanol–water partition coefficient (Wildman–Crippen LogP) is 9.88. The van der Waals surface area contributed by atoms with Gasteiger partial charge in [0.05, 0.1) is 5.69 Å². The monoisotopic (exact) mass is 461 g/mol. The fourth-order valence-corrected chi connectivity index (χ4v) is 5.17. The third-order valence-corrected chi connectivity index (χ3v) is 6.83. The van der Waals surface area contributed by atoms with Gasteiger partial charge in [-0.2, -0.15) is 0 Å². The lowest BCUT2D eigenvalue weighted by Gasteiger charge is -2.28. The van der Waals surface area contributed by atoms with Crippen LogP contribution in [-0.4, -0.2) is 0 Å². The number of hydrogen-bond donors (Lipinski definition) is 0. The molecule has 0 fully saturated rings. The number of anilines is 3. The summed E-state index contributed by atoms with van der Waals surface area (Å²) in [6.45, 7) is 0. The molecule has 0 atom stereocenters. The van der Waals surface area contributed by atoms with Crippen molar-refractivity contribution in [3.63, 3.8) is 0 Å². The summed E-state index contributed by atoms with van der Waals surface area (Å²) in [6.07, 6.45) is 0. The molecule has 1 heterocycles. The lowest BCUT2D eigenvalue weighted by atomic mass is 9.96. The Labute approximate surface area is 209 Å². The van der Waals surface area contributed by atoms with E-state index in [4.69, 9.17) is 4.42 Å². The molecular weight excluding hydrogens is 438 g/mol. The average molecular weight is 462 g/mol. The van der Waals surface area contributed by atoms with Crippen LogP contribution in [0.1, 0.15) is 0 Å². The molecule has 36 heavy (non-hydrogen) atoms. The average Bonchev–Trinajstić information content (AvgIpc) is 3.33. The fraction of sp³-hybridized carbons (Fsp3) is 0. The number of benzene rings is 6. The van der Waals surface area contributed by atoms with E-state index in [1.54, 1.807) is 0 Å². The third-order valence-electron chi connectivity index (χ3n) is 6.83. The highest BCUT2D eigenvalue weighted by Crippen LogP contribution is 2.45. The van der Waals surface area contributed by atoms with Crippen LogP contribution >= 0.6 is 0 Å². The van der Waals surface area contributed by atoms with Crippen molar-refractivity contribution in [1.82, 2.24) is 0 Å². The molecule has 0 radical (unpaired) electrons. The Bertz CT molecular complexity index is 1790. The van der Waals surface area contributed by atoms with Crippen LogP contribution in [0.4, 0.5) is 17.1 Å². The predicted molar refractivity (Wildman–Crippen MR) is 151 cm³/mol. The van der Waals surface area contributed by atoms with Crippen LogP contribution in [0, 0.1) is 0 Å². The van der Waals surface area contributed by atoms with Crippen LogP contribution < -0.4 is 4.90 Å². The fourth-order valence-electron chi connectivity index (χ4n) is 5.17. The minimum atomic E-state index is 0.908. The van der Waals surface area contributed by atoms with Gasteiger partial charge in [0.2, 0.25) is 0 Å². The van der Waals surface area contributed by atoms with Crippen molar-refractivity contribution in [3.8, 4) is 11.1 Å². The van der Waals surface area contributed by atoms with Gasteiger partial charge < -0.3 is 9.32 Å². The molecule has 0 saturated carbocycles. The zero-order valence-electron chi connectivity index (χ0n) is 19.6. The minimum absolute atomic E-state index is 0.908. The van der Waals surface area contributed by atoms with Gasteiger partial charge in [-0.1, -0.05) is 97.1 Å². The zero-order valence-corrected chi connectivity index (χ0v) is 19.6. The Balaban J connectivity index is 1.58. The van der Waals surface area contributed by atoms with Crippen molar-refractivity contribution < 1.29 is 4.42 Å². The quantitative estimate of drug-likeness (QED) is 0.259. The molecular formula is C34H23NO. The SMILES string of the molecule is c1ccc(N(c2ccccc2)c2cc3ccccc3cc2-c2cccc3c2oc2ccccc23)cc1. The number of para-hydroxylation sites is 4. The Morgan fingerprint density at radius 1 is 0.444 bits per heavy atom. The van der Waals surface area contributed by atoms with Crippen LogP contribution in [0.2, 0.25) is 0 Å². The molecule has 170 valence electrons. The van der Waals surface area contributed by atoms with Crippen LogP contribution in [0.15, 0.2) is 144 Å². The molecule has 0 aliphatic rings. The van der Waals surface area contributed by atoms with Gasteiger partial charge in [-0.25, -0.2) is 0 Å². The highest BCUT2D eigenvalue weighted by atomic mass is 16.3. The van der Waals surface area contributed by atoms with Gasteiger partial charge in [-0.15, -0.1) is 0 Å². The van der Waals surface area contributed by atoms with Crippen molar-refractivity contribution in [2.45, 2.75) is 0 Å². The molecule has 0 amide bonds. The van der Waals surface area contributed by atoms with Crippen LogP contribution in [-0.2, 0) is 0 Å². The standard InChI is InChI=1S/C34H23NO/c1-3-14-26(15-4-1)35(27-16-5-2-6-17-27)32-23-25-13-8-7-12-24(25)22-31(32)30-20-11-19-29-28-18-9-10-21-33(28)36-34(29)30/h1-23H. The van der Waals surface area contributed by atoms with Gasteiger partial charge >= 0.3 is 0 Å². The summed E-state index contributed by atoms with van der Waals surface area (Å²) in [5.41, 5.74) is 7.36. The van der Waals surface area contributed by atoms with E-state index in [2.05, 4.69) is 132 Å². The summed E-state index contributed by atoms with van der Waals surface area (Å²) >= 11 is 0. The van der Waals surface area contributed by atoms with Gasteiger partial charge in [-0.05, 0) is 53.2 Å². The van der Waals surface area contributed by atoms with E-state index in [1.807, 2.05) is 12.1 Å². The first-order valence-corrected chi connectivity index (χ1v) is 12.2. The van der Waals surface area contributed by atoms with Crippen molar-refractivity contribution in [2.75, 3.05) is 4.90 Å². The molecule has 0 spiro atoms. The van der Waals surface area contributed by atoms with Crippen LogP contribution in [0.5, 0.6) is 0 Å². The lowest BCUT2D eigenvalue weighted by molar-refractivity contribution is 0.670. The molecule has 6 aromatic carbocycles. The summed E-state index contributed by atoms with van der Waals surface area (Å²) in [4.78, 5) is 2.34. The number of nitrogens with zero attached hydrogens (tertiary/aromatic N) is 1. The summed E-state index contributed by atoms with van der Waals surface area (Å²) < 4.78 is 6.48. The summed E-state index contributed by atoms with van der Waals surface area (Å²) in [5, 5.41) is 4.67. The van der Waals surface area contributed by atoms with Gasteiger partial charge in [0.1, 0.15) is 11.2 Å². The van der Waals surface area contributed by atoms with E-state index in [9.17, 15) is 0 Å². The Morgan fingerprint density at radius 3 is 1.75 bits per heavy atom. The molecule has 1 aromatic heterocycles. The molecule has 0 bridgehead atoms. The Morgan fingerprint density at radius 2 is 1.03 bits per heavy atom. The van der Waals surface area contributed by atoms with E-state index in [0.717, 1.165) is 50.1 Å². The maximum Gasteiger partial charge on any atom is 0.143 e. The summed E-state index contributed by atoms with van der Waals surface area (Å²) in [6, 6.07) is 49.0. The number of hydrogen-bond acceptors (Lipinski definition) is 2. The second-order valence-electron chi connectivity index (χ2n) is 9.00. The second kappa shape index (κ2) is 8.44. The number of rotatable bonds is 4. The second-order valence-corrected chi connectivity index (χ2v) is 9.00. The van der Waals surface area contributed by atoms with E-state index in [1.165, 1.54) is 10.8 Å². The maximum absolute atomic E-state index is 6.48. The normalized spacial score (nSPS) is 11.3. The first kappa shape index (κ1) is 20.5. The topological polar surface area (TPSA) is 16.4 Å². The van der Waals surface area contributed by atoms with Crippen molar-refractivity contribution in [3.05, 3.63) is 140 Å². The summed E-state index contributed by atoms with van der Waals surface area (Å²) in [5.74, 6) is 0. The van der Waals surface area contributed by atoms with Gasteiger partial charge in [0.15, 0.2) is 0 Å². The van der Waals surface area contributed by atoms with Crippen molar-refractivity contribution >= 4 is 49.8 Å². The lowest BCUT2D eigenvalue weighted by Crippen LogP contribution is -2.11. The molecule has 2 heteroatoms. The Hall–Kier alpha value is -4.82. The molecule has 7 rings (SSSR count). The number of fused-ring (bicyclic) bond motifs is 4. The van der Waals surface area contributed by atoms with Crippen molar-refractivity contribution in [2.24, 2.45) is 0 Å². The number of furan rings is 1. The molecule has 7 aromatic rings. The van der Waals surface area contributed by atoms with Crippen molar-refractivity contribution in [1.29, 1.82) is 0 Å². The summed E-state index contributed by atoms with van der Waals surface area (Å²) in [7, 11) is 0.